The predicted molar refractivity (Wildman–Crippen MR) is 98.5 cm³/mol. The van der Waals surface area contributed by atoms with Crippen molar-refractivity contribution < 1.29 is 13.2 Å². The highest BCUT2D eigenvalue weighted by molar-refractivity contribution is 6.48. The summed E-state index contributed by atoms with van der Waals surface area (Å²) in [7, 11) is 1.82. The summed E-state index contributed by atoms with van der Waals surface area (Å²) in [6, 6.07) is 9.61. The Morgan fingerprint density at radius 3 is 2.08 bits per heavy atom. The average molecular weight is 409 g/mol. The van der Waals surface area contributed by atoms with E-state index in [2.05, 4.69) is 5.32 Å². The standard InChI is InChI=1S/C18H15Cl3F3N/c1-25-10-12-4-2-11(3-5-12)6-7-14(18(22,23)24)13-8-15(19)17(21)16(20)9-13/h2-9,14,25H,10H2,1H3. The third-order valence-corrected chi connectivity index (χ3v) is 4.76. The molecule has 2 rings (SSSR count). The first kappa shape index (κ1) is 20.1. The van der Waals surface area contributed by atoms with Crippen LogP contribution >= 0.6 is 34.8 Å². The van der Waals surface area contributed by atoms with E-state index in [1.54, 1.807) is 12.1 Å². The van der Waals surface area contributed by atoms with Crippen LogP contribution in [0.3, 0.4) is 0 Å². The molecule has 2 aromatic rings. The van der Waals surface area contributed by atoms with E-state index in [0.29, 0.717) is 12.1 Å². The minimum Gasteiger partial charge on any atom is -0.316 e. The van der Waals surface area contributed by atoms with Crippen LogP contribution in [0.2, 0.25) is 15.1 Å². The third kappa shape index (κ3) is 5.38. The normalized spacial score (nSPS) is 13.4. The summed E-state index contributed by atoms with van der Waals surface area (Å²) < 4.78 is 40.4. The van der Waals surface area contributed by atoms with Gasteiger partial charge in [0, 0.05) is 6.54 Å². The molecule has 0 spiro atoms. The molecule has 0 saturated carbocycles. The van der Waals surface area contributed by atoms with Crippen molar-refractivity contribution in [3.8, 4) is 0 Å². The first-order chi connectivity index (χ1) is 11.7. The van der Waals surface area contributed by atoms with Gasteiger partial charge in [-0.25, -0.2) is 0 Å². The monoisotopic (exact) mass is 407 g/mol. The molecule has 1 nitrogen and oxygen atoms in total. The van der Waals surface area contributed by atoms with Gasteiger partial charge in [-0.05, 0) is 35.9 Å². The summed E-state index contributed by atoms with van der Waals surface area (Å²) in [6.07, 6.45) is -1.97. The Bertz CT molecular complexity index is 732. The summed E-state index contributed by atoms with van der Waals surface area (Å²) in [4.78, 5) is 0. The van der Waals surface area contributed by atoms with E-state index in [1.165, 1.54) is 18.2 Å². The van der Waals surface area contributed by atoms with Crippen LogP contribution in [-0.4, -0.2) is 13.2 Å². The van der Waals surface area contributed by atoms with Gasteiger partial charge in [-0.1, -0.05) is 71.2 Å². The van der Waals surface area contributed by atoms with Gasteiger partial charge in [0.05, 0.1) is 21.0 Å². The lowest BCUT2D eigenvalue weighted by Gasteiger charge is -2.18. The van der Waals surface area contributed by atoms with Crippen molar-refractivity contribution in [2.24, 2.45) is 0 Å². The molecule has 134 valence electrons. The van der Waals surface area contributed by atoms with Gasteiger partial charge in [-0.15, -0.1) is 0 Å². The number of rotatable bonds is 5. The molecule has 25 heavy (non-hydrogen) atoms. The molecule has 0 heterocycles. The molecule has 0 aliphatic carbocycles. The highest BCUT2D eigenvalue weighted by Gasteiger charge is 2.39. The van der Waals surface area contributed by atoms with Gasteiger partial charge >= 0.3 is 6.18 Å². The minimum absolute atomic E-state index is 0.0109. The van der Waals surface area contributed by atoms with Gasteiger partial charge in [0.25, 0.3) is 0 Å². The first-order valence-corrected chi connectivity index (χ1v) is 8.48. The molecular formula is C18H15Cl3F3N. The Hall–Kier alpha value is -1.20. The van der Waals surface area contributed by atoms with Gasteiger partial charge in [0.15, 0.2) is 0 Å². The molecule has 1 unspecified atom stereocenters. The van der Waals surface area contributed by atoms with Crippen molar-refractivity contribution in [2.75, 3.05) is 7.05 Å². The van der Waals surface area contributed by atoms with Crippen LogP contribution < -0.4 is 5.32 Å². The lowest BCUT2D eigenvalue weighted by atomic mass is 9.97. The van der Waals surface area contributed by atoms with Crippen LogP contribution in [0.4, 0.5) is 13.2 Å². The van der Waals surface area contributed by atoms with E-state index in [9.17, 15) is 13.2 Å². The number of hydrogen-bond donors (Lipinski definition) is 1. The molecule has 0 aromatic heterocycles. The molecule has 0 amide bonds. The quantitative estimate of drug-likeness (QED) is 0.541. The lowest BCUT2D eigenvalue weighted by molar-refractivity contribution is -0.139. The van der Waals surface area contributed by atoms with Crippen molar-refractivity contribution in [3.05, 3.63) is 74.2 Å². The largest absolute Gasteiger partial charge is 0.399 e. The van der Waals surface area contributed by atoms with E-state index in [0.717, 1.165) is 11.6 Å². The molecule has 0 aliphatic heterocycles. The molecular weight excluding hydrogens is 394 g/mol. The van der Waals surface area contributed by atoms with Crippen LogP contribution in [0.15, 0.2) is 42.5 Å². The first-order valence-electron chi connectivity index (χ1n) is 7.35. The number of halogens is 6. The van der Waals surface area contributed by atoms with Gasteiger partial charge in [-0.2, -0.15) is 13.2 Å². The molecule has 2 aromatic carbocycles. The Balaban J connectivity index is 2.32. The zero-order valence-electron chi connectivity index (χ0n) is 13.2. The second-order valence-corrected chi connectivity index (χ2v) is 6.64. The number of nitrogens with one attached hydrogen (secondary N) is 1. The molecule has 7 heteroatoms. The van der Waals surface area contributed by atoms with Crippen molar-refractivity contribution in [2.45, 2.75) is 18.6 Å². The van der Waals surface area contributed by atoms with Gasteiger partial charge in [0.1, 0.15) is 0 Å². The van der Waals surface area contributed by atoms with E-state index < -0.39 is 12.1 Å². The lowest BCUT2D eigenvalue weighted by Crippen LogP contribution is -2.19. The van der Waals surface area contributed by atoms with E-state index in [4.69, 9.17) is 34.8 Å². The van der Waals surface area contributed by atoms with Crippen molar-refractivity contribution in [1.29, 1.82) is 0 Å². The van der Waals surface area contributed by atoms with Crippen LogP contribution in [0.25, 0.3) is 6.08 Å². The molecule has 1 atom stereocenters. The van der Waals surface area contributed by atoms with Crippen LogP contribution in [0.5, 0.6) is 0 Å². The number of alkyl halides is 3. The zero-order valence-corrected chi connectivity index (χ0v) is 15.4. The minimum atomic E-state index is -4.48. The predicted octanol–water partition coefficient (Wildman–Crippen LogP) is 6.73. The maximum atomic E-state index is 13.5. The second kappa shape index (κ2) is 8.45. The van der Waals surface area contributed by atoms with Crippen molar-refractivity contribution >= 4 is 40.9 Å². The van der Waals surface area contributed by atoms with E-state index in [-0.39, 0.29) is 20.6 Å². The Morgan fingerprint density at radius 1 is 1.04 bits per heavy atom. The van der Waals surface area contributed by atoms with Gasteiger partial charge in [0.2, 0.25) is 0 Å². The summed E-state index contributed by atoms with van der Waals surface area (Å²) in [5, 5.41) is 3.02. The van der Waals surface area contributed by atoms with Crippen molar-refractivity contribution in [1.82, 2.24) is 5.32 Å². The maximum absolute atomic E-state index is 13.5. The summed E-state index contributed by atoms with van der Waals surface area (Å²) >= 11 is 17.5. The molecule has 0 saturated heterocycles. The van der Waals surface area contributed by atoms with Gasteiger partial charge in [-0.3, -0.25) is 0 Å². The summed E-state index contributed by atoms with van der Waals surface area (Å²) in [5.74, 6) is -1.84. The fourth-order valence-electron chi connectivity index (χ4n) is 2.32. The van der Waals surface area contributed by atoms with Crippen LogP contribution in [0.1, 0.15) is 22.6 Å². The van der Waals surface area contributed by atoms with Crippen LogP contribution in [-0.2, 0) is 6.54 Å². The number of benzene rings is 2. The fourth-order valence-corrected chi connectivity index (χ4v) is 2.93. The smallest absolute Gasteiger partial charge is 0.316 e. The molecule has 0 fully saturated rings. The number of allylic oxidation sites excluding steroid dienone is 1. The zero-order chi connectivity index (χ0) is 18.6. The van der Waals surface area contributed by atoms with Crippen LogP contribution in [0, 0.1) is 0 Å². The molecule has 0 bridgehead atoms. The summed E-state index contributed by atoms with van der Waals surface area (Å²) in [5.41, 5.74) is 1.65. The Labute approximate surface area is 159 Å². The Kier molecular flexibility index (Phi) is 6.80. The van der Waals surface area contributed by atoms with E-state index in [1.807, 2.05) is 19.2 Å². The SMILES string of the molecule is CNCc1ccc(C=CC(c2cc(Cl)c(Cl)c(Cl)c2)C(F)(F)F)cc1. The Morgan fingerprint density at radius 2 is 1.60 bits per heavy atom. The topological polar surface area (TPSA) is 12.0 Å². The fraction of sp³-hybridized carbons (Fsp3) is 0.222. The molecule has 0 aliphatic rings. The highest BCUT2D eigenvalue weighted by atomic mass is 35.5. The number of hydrogen-bond acceptors (Lipinski definition) is 1. The van der Waals surface area contributed by atoms with Crippen molar-refractivity contribution in [3.63, 3.8) is 0 Å². The van der Waals surface area contributed by atoms with Gasteiger partial charge < -0.3 is 5.32 Å². The summed E-state index contributed by atoms with van der Waals surface area (Å²) in [6.45, 7) is 0.691. The van der Waals surface area contributed by atoms with E-state index >= 15 is 0 Å². The molecule has 0 radical (unpaired) electrons. The highest BCUT2D eigenvalue weighted by Crippen LogP contribution is 2.41. The maximum Gasteiger partial charge on any atom is 0.399 e. The molecule has 1 N–H and O–H groups in total. The second-order valence-electron chi connectivity index (χ2n) is 5.45. The third-order valence-electron chi connectivity index (χ3n) is 3.56. The average Bonchev–Trinajstić information content (AvgIpc) is 2.53.